The first-order chi connectivity index (χ1) is 8.11. The summed E-state index contributed by atoms with van der Waals surface area (Å²) in [7, 11) is 0. The lowest BCUT2D eigenvalue weighted by Crippen LogP contribution is -2.46. The number of ketones is 1. The number of piperidine rings is 1. The van der Waals surface area contributed by atoms with E-state index in [2.05, 4.69) is 5.32 Å². The van der Waals surface area contributed by atoms with Gasteiger partial charge in [-0.05, 0) is 18.1 Å². The number of aryl methyl sites for hydroxylation is 1. The van der Waals surface area contributed by atoms with Crippen molar-refractivity contribution in [3.63, 3.8) is 0 Å². The highest BCUT2D eigenvalue weighted by Crippen LogP contribution is 2.18. The molecule has 1 aliphatic rings. The van der Waals surface area contributed by atoms with Crippen molar-refractivity contribution < 1.29 is 9.59 Å². The first kappa shape index (κ1) is 11.9. The van der Waals surface area contributed by atoms with E-state index < -0.39 is 5.92 Å². The monoisotopic (exact) mass is 247 g/mol. The second-order valence-electron chi connectivity index (χ2n) is 4.12. The Balaban J connectivity index is 2.34. The van der Waals surface area contributed by atoms with Crippen LogP contribution < -0.4 is 5.32 Å². The summed E-state index contributed by atoms with van der Waals surface area (Å²) in [5, 5.41) is 2.69. The third-order valence-electron chi connectivity index (χ3n) is 2.93. The van der Waals surface area contributed by atoms with Crippen molar-refractivity contribution in [2.45, 2.75) is 13.3 Å². The predicted octanol–water partition coefficient (Wildman–Crippen LogP) is 1.42. The number of carbonyl (C=O) groups is 2. The summed E-state index contributed by atoms with van der Waals surface area (Å²) < 4.78 is 0. The molecule has 0 spiro atoms. The number of hydrogen-bond acceptors (Lipinski definition) is 3. The van der Waals surface area contributed by atoms with Crippen molar-refractivity contribution in [3.8, 4) is 0 Å². The molecule has 0 radical (unpaired) electrons. The van der Waals surface area contributed by atoms with Gasteiger partial charge in [-0.3, -0.25) is 9.59 Å². The van der Waals surface area contributed by atoms with E-state index in [1.165, 1.54) is 0 Å². The van der Waals surface area contributed by atoms with Crippen molar-refractivity contribution in [1.82, 2.24) is 5.32 Å². The van der Waals surface area contributed by atoms with Crippen molar-refractivity contribution >= 4 is 28.8 Å². The van der Waals surface area contributed by atoms with Crippen LogP contribution in [0.15, 0.2) is 24.3 Å². The highest BCUT2D eigenvalue weighted by molar-refractivity contribution is 7.81. The van der Waals surface area contributed by atoms with Crippen LogP contribution in [0.4, 0.5) is 0 Å². The van der Waals surface area contributed by atoms with Gasteiger partial charge in [0.05, 0.1) is 0 Å². The zero-order chi connectivity index (χ0) is 12.4. The number of rotatable bonds is 2. The minimum atomic E-state index is -0.792. The Hall–Kier alpha value is -1.55. The summed E-state index contributed by atoms with van der Waals surface area (Å²) in [5.41, 5.74) is 1.81. The molecule has 1 amide bonds. The average molecular weight is 247 g/mol. The lowest BCUT2D eigenvalue weighted by Gasteiger charge is -2.22. The van der Waals surface area contributed by atoms with Gasteiger partial charge in [0, 0.05) is 17.8 Å². The lowest BCUT2D eigenvalue weighted by atomic mass is 9.88. The molecule has 17 heavy (non-hydrogen) atoms. The third kappa shape index (κ3) is 2.26. The molecule has 1 fully saturated rings. The summed E-state index contributed by atoms with van der Waals surface area (Å²) >= 11 is 5.30. The second-order valence-corrected chi connectivity index (χ2v) is 4.56. The van der Waals surface area contributed by atoms with Crippen LogP contribution in [0.1, 0.15) is 17.5 Å². The summed E-state index contributed by atoms with van der Waals surface area (Å²) in [6.07, 6.45) is 0.364. The maximum absolute atomic E-state index is 11.8. The second kappa shape index (κ2) is 4.75. The molecule has 0 bridgehead atoms. The van der Waals surface area contributed by atoms with Gasteiger partial charge in [0.25, 0.3) is 0 Å². The Morgan fingerprint density at radius 1 is 1.35 bits per heavy atom. The number of hydrogen-bond donors (Lipinski definition) is 1. The molecule has 0 saturated carbocycles. The molecule has 1 aromatic carbocycles. The SMILES string of the molecule is Cc1ccccc1C(=S)C1C(=O)CCNC1=O. The quantitative estimate of drug-likeness (QED) is 0.488. The first-order valence-corrected chi connectivity index (χ1v) is 5.92. The van der Waals surface area contributed by atoms with Crippen molar-refractivity contribution in [3.05, 3.63) is 35.4 Å². The molecule has 0 aliphatic carbocycles. The predicted molar refractivity (Wildman–Crippen MR) is 69.0 cm³/mol. The first-order valence-electron chi connectivity index (χ1n) is 5.51. The van der Waals surface area contributed by atoms with Gasteiger partial charge in [-0.2, -0.15) is 0 Å². The number of thiocarbonyl (C=S) groups is 1. The minimum Gasteiger partial charge on any atom is -0.355 e. The number of nitrogens with one attached hydrogen (secondary N) is 1. The Morgan fingerprint density at radius 3 is 2.71 bits per heavy atom. The van der Waals surface area contributed by atoms with Gasteiger partial charge in [0.1, 0.15) is 5.92 Å². The summed E-state index contributed by atoms with van der Waals surface area (Å²) in [4.78, 5) is 23.9. The minimum absolute atomic E-state index is 0.0815. The number of amides is 1. The van der Waals surface area contributed by atoms with Crippen LogP contribution in [0.25, 0.3) is 0 Å². The van der Waals surface area contributed by atoms with Crippen LogP contribution in [0.3, 0.4) is 0 Å². The van der Waals surface area contributed by atoms with Crippen LogP contribution >= 0.6 is 12.2 Å². The molecule has 1 aromatic rings. The Kier molecular flexibility index (Phi) is 3.33. The van der Waals surface area contributed by atoms with E-state index in [-0.39, 0.29) is 11.7 Å². The van der Waals surface area contributed by atoms with Gasteiger partial charge in [0.2, 0.25) is 5.91 Å². The fourth-order valence-electron chi connectivity index (χ4n) is 1.97. The molecule has 1 unspecified atom stereocenters. The van der Waals surface area contributed by atoms with E-state index in [1.54, 1.807) is 0 Å². The number of Topliss-reactive ketones (excluding diaryl/α,β-unsaturated/α-hetero) is 1. The van der Waals surface area contributed by atoms with E-state index >= 15 is 0 Å². The molecule has 1 aliphatic heterocycles. The standard InChI is InChI=1S/C13H13NO2S/c1-8-4-2-3-5-9(8)12(17)11-10(15)6-7-14-13(11)16/h2-5,11H,6-7H2,1H3,(H,14,16). The van der Waals surface area contributed by atoms with E-state index in [0.717, 1.165) is 11.1 Å². The van der Waals surface area contributed by atoms with Gasteiger partial charge >= 0.3 is 0 Å². The molecular weight excluding hydrogens is 234 g/mol. The van der Waals surface area contributed by atoms with Gasteiger partial charge in [-0.1, -0.05) is 36.5 Å². The van der Waals surface area contributed by atoms with Gasteiger partial charge in [0.15, 0.2) is 5.78 Å². The molecule has 0 aromatic heterocycles. The fourth-order valence-corrected chi connectivity index (χ4v) is 2.44. The molecule has 1 heterocycles. The molecule has 1 N–H and O–H groups in total. The van der Waals surface area contributed by atoms with Crippen molar-refractivity contribution in [1.29, 1.82) is 0 Å². The zero-order valence-electron chi connectivity index (χ0n) is 9.53. The lowest BCUT2D eigenvalue weighted by molar-refractivity contribution is -0.133. The molecule has 1 atom stereocenters. The van der Waals surface area contributed by atoms with Crippen LogP contribution in [0.5, 0.6) is 0 Å². The maximum Gasteiger partial charge on any atom is 0.235 e. The smallest absolute Gasteiger partial charge is 0.235 e. The highest BCUT2D eigenvalue weighted by atomic mass is 32.1. The Bertz CT molecular complexity index is 480. The Labute approximate surface area is 105 Å². The van der Waals surface area contributed by atoms with Crippen LogP contribution in [0.2, 0.25) is 0 Å². The molecular formula is C13H13NO2S. The summed E-state index contributed by atoms with van der Waals surface area (Å²) in [6, 6.07) is 7.55. The topological polar surface area (TPSA) is 46.2 Å². The van der Waals surface area contributed by atoms with Crippen LogP contribution in [-0.4, -0.2) is 23.1 Å². The van der Waals surface area contributed by atoms with Gasteiger partial charge in [-0.25, -0.2) is 0 Å². The maximum atomic E-state index is 11.8. The number of carbonyl (C=O) groups excluding carboxylic acids is 2. The van der Waals surface area contributed by atoms with E-state index in [0.29, 0.717) is 17.8 Å². The summed E-state index contributed by atoms with van der Waals surface area (Å²) in [5.74, 6) is -1.14. The molecule has 3 nitrogen and oxygen atoms in total. The third-order valence-corrected chi connectivity index (χ3v) is 3.38. The fraction of sp³-hybridized carbons (Fsp3) is 0.308. The average Bonchev–Trinajstić information content (AvgIpc) is 2.29. The van der Waals surface area contributed by atoms with E-state index in [9.17, 15) is 9.59 Å². The van der Waals surface area contributed by atoms with Crippen LogP contribution in [-0.2, 0) is 9.59 Å². The van der Waals surface area contributed by atoms with E-state index in [4.69, 9.17) is 12.2 Å². The Morgan fingerprint density at radius 2 is 2.06 bits per heavy atom. The normalized spacial score (nSPS) is 19.9. The van der Waals surface area contributed by atoms with E-state index in [1.807, 2.05) is 31.2 Å². The highest BCUT2D eigenvalue weighted by Gasteiger charge is 2.34. The molecule has 2 rings (SSSR count). The molecule has 1 saturated heterocycles. The zero-order valence-corrected chi connectivity index (χ0v) is 10.3. The van der Waals surface area contributed by atoms with Crippen molar-refractivity contribution in [2.75, 3.05) is 6.54 Å². The van der Waals surface area contributed by atoms with Crippen LogP contribution in [0, 0.1) is 12.8 Å². The molecule has 4 heteroatoms. The molecule has 88 valence electrons. The van der Waals surface area contributed by atoms with Crippen molar-refractivity contribution in [2.24, 2.45) is 5.92 Å². The summed E-state index contributed by atoms with van der Waals surface area (Å²) in [6.45, 7) is 2.34. The van der Waals surface area contributed by atoms with Gasteiger partial charge < -0.3 is 5.32 Å². The largest absolute Gasteiger partial charge is 0.355 e. The number of benzene rings is 1. The van der Waals surface area contributed by atoms with Gasteiger partial charge in [-0.15, -0.1) is 0 Å².